The van der Waals surface area contributed by atoms with Crippen LogP contribution in [0.25, 0.3) is 0 Å². The monoisotopic (exact) mass is 220 g/mol. The van der Waals surface area contributed by atoms with E-state index in [0.717, 1.165) is 19.3 Å². The largest absolute Gasteiger partial charge is 0.462 e. The Labute approximate surface area is 97.6 Å². The fourth-order valence-electron chi connectivity index (χ4n) is 1.60. The van der Waals surface area contributed by atoms with Gasteiger partial charge in [-0.15, -0.1) is 0 Å². The van der Waals surface area contributed by atoms with Gasteiger partial charge < -0.3 is 4.74 Å². The Balaban J connectivity index is 2.46. The summed E-state index contributed by atoms with van der Waals surface area (Å²) in [5, 5.41) is 0. The van der Waals surface area contributed by atoms with E-state index in [1.807, 2.05) is 32.0 Å². The number of benzene rings is 1. The molecule has 0 unspecified atom stereocenters. The first kappa shape index (κ1) is 12.8. The number of rotatable bonds is 6. The molecular weight excluding hydrogens is 200 g/mol. The van der Waals surface area contributed by atoms with Crippen molar-refractivity contribution in [3.8, 4) is 0 Å². The van der Waals surface area contributed by atoms with Crippen LogP contribution >= 0.6 is 0 Å². The third-order valence-corrected chi connectivity index (χ3v) is 2.51. The molecule has 0 N–H and O–H groups in total. The van der Waals surface area contributed by atoms with Crippen LogP contribution in [0.15, 0.2) is 30.3 Å². The fourth-order valence-corrected chi connectivity index (χ4v) is 1.60. The lowest BCUT2D eigenvalue weighted by atomic mass is 10.1. The molecule has 1 aromatic carbocycles. The van der Waals surface area contributed by atoms with Crippen LogP contribution in [0.3, 0.4) is 0 Å². The minimum atomic E-state index is -0.0784. The first-order chi connectivity index (χ1) is 7.76. The molecule has 0 saturated heterocycles. The summed E-state index contributed by atoms with van der Waals surface area (Å²) in [6.07, 6.45) is 3.06. The van der Waals surface area contributed by atoms with E-state index in [1.54, 1.807) is 0 Å². The van der Waals surface area contributed by atoms with Crippen molar-refractivity contribution in [2.24, 2.45) is 0 Å². The van der Waals surface area contributed by atoms with Crippen LogP contribution in [0.4, 0.5) is 0 Å². The Hall–Kier alpha value is -1.31. The van der Waals surface area contributed by atoms with Crippen molar-refractivity contribution in [1.29, 1.82) is 0 Å². The lowest BCUT2D eigenvalue weighted by molar-refractivity contribution is -0.149. The molecule has 0 saturated carbocycles. The van der Waals surface area contributed by atoms with Crippen molar-refractivity contribution in [2.75, 3.05) is 0 Å². The minimum Gasteiger partial charge on any atom is -0.462 e. The molecule has 0 aliphatic rings. The van der Waals surface area contributed by atoms with Crippen molar-refractivity contribution in [3.63, 3.8) is 0 Å². The second-order valence-electron chi connectivity index (χ2n) is 3.96. The highest BCUT2D eigenvalue weighted by Crippen LogP contribution is 2.10. The number of hydrogen-bond donors (Lipinski definition) is 0. The van der Waals surface area contributed by atoms with Gasteiger partial charge in [0.25, 0.3) is 0 Å². The molecular formula is C14H20O2. The van der Waals surface area contributed by atoms with E-state index in [-0.39, 0.29) is 12.1 Å². The average Bonchev–Trinajstić information content (AvgIpc) is 2.30. The average molecular weight is 220 g/mol. The molecule has 1 atom stereocenters. The van der Waals surface area contributed by atoms with E-state index in [0.29, 0.717) is 6.42 Å². The van der Waals surface area contributed by atoms with Gasteiger partial charge in [-0.2, -0.15) is 0 Å². The number of ether oxygens (including phenoxy) is 1. The Morgan fingerprint density at radius 1 is 1.25 bits per heavy atom. The second-order valence-corrected chi connectivity index (χ2v) is 3.96. The second kappa shape index (κ2) is 7.04. The highest BCUT2D eigenvalue weighted by Gasteiger charge is 2.12. The summed E-state index contributed by atoms with van der Waals surface area (Å²) >= 11 is 0. The molecule has 2 nitrogen and oxygen atoms in total. The summed E-state index contributed by atoms with van der Waals surface area (Å²) < 4.78 is 5.41. The Morgan fingerprint density at radius 2 is 1.94 bits per heavy atom. The van der Waals surface area contributed by atoms with E-state index >= 15 is 0 Å². The molecule has 16 heavy (non-hydrogen) atoms. The Bertz CT molecular complexity index is 306. The molecule has 1 rings (SSSR count). The van der Waals surface area contributed by atoms with E-state index in [9.17, 15) is 4.79 Å². The van der Waals surface area contributed by atoms with Crippen LogP contribution < -0.4 is 0 Å². The van der Waals surface area contributed by atoms with Crippen molar-refractivity contribution >= 4 is 5.97 Å². The summed E-state index contributed by atoms with van der Waals surface area (Å²) in [7, 11) is 0. The third-order valence-electron chi connectivity index (χ3n) is 2.51. The molecule has 0 aliphatic carbocycles. The molecule has 2 heteroatoms. The van der Waals surface area contributed by atoms with Gasteiger partial charge in [0.15, 0.2) is 0 Å². The summed E-state index contributed by atoms with van der Waals surface area (Å²) in [5.74, 6) is -0.0784. The highest BCUT2D eigenvalue weighted by molar-refractivity contribution is 5.69. The summed E-state index contributed by atoms with van der Waals surface area (Å²) in [5.41, 5.74) is 1.22. The Kier molecular flexibility index (Phi) is 5.62. The molecule has 0 bridgehead atoms. The number of esters is 1. The van der Waals surface area contributed by atoms with Gasteiger partial charge in [0.1, 0.15) is 6.10 Å². The van der Waals surface area contributed by atoms with Gasteiger partial charge in [-0.05, 0) is 18.4 Å². The summed E-state index contributed by atoms with van der Waals surface area (Å²) in [4.78, 5) is 11.4. The van der Waals surface area contributed by atoms with Crippen molar-refractivity contribution in [2.45, 2.75) is 45.6 Å². The topological polar surface area (TPSA) is 26.3 Å². The first-order valence-electron chi connectivity index (χ1n) is 5.99. The third kappa shape index (κ3) is 4.47. The van der Waals surface area contributed by atoms with Crippen LogP contribution in [0.1, 0.15) is 38.7 Å². The minimum absolute atomic E-state index is 0.0152. The van der Waals surface area contributed by atoms with Gasteiger partial charge in [0, 0.05) is 12.8 Å². The molecule has 0 amide bonds. The zero-order valence-electron chi connectivity index (χ0n) is 10.1. The Morgan fingerprint density at radius 3 is 2.50 bits per heavy atom. The van der Waals surface area contributed by atoms with Gasteiger partial charge in [0.05, 0.1) is 0 Å². The van der Waals surface area contributed by atoms with Gasteiger partial charge >= 0.3 is 5.97 Å². The molecule has 88 valence electrons. The van der Waals surface area contributed by atoms with Gasteiger partial charge in [-0.25, -0.2) is 0 Å². The predicted molar refractivity (Wildman–Crippen MR) is 65.2 cm³/mol. The molecule has 0 spiro atoms. The molecule has 0 fully saturated rings. The molecule has 0 aliphatic heterocycles. The van der Waals surface area contributed by atoms with E-state index in [1.165, 1.54) is 5.56 Å². The number of hydrogen-bond acceptors (Lipinski definition) is 2. The zero-order chi connectivity index (χ0) is 11.8. The lowest BCUT2D eigenvalue weighted by Crippen LogP contribution is -2.19. The maximum absolute atomic E-state index is 11.4. The lowest BCUT2D eigenvalue weighted by Gasteiger charge is -2.16. The van der Waals surface area contributed by atoms with Gasteiger partial charge in [0.2, 0.25) is 0 Å². The molecule has 0 heterocycles. The van der Waals surface area contributed by atoms with Crippen molar-refractivity contribution in [1.82, 2.24) is 0 Å². The first-order valence-corrected chi connectivity index (χ1v) is 5.99. The van der Waals surface area contributed by atoms with Crippen molar-refractivity contribution < 1.29 is 9.53 Å². The van der Waals surface area contributed by atoms with Crippen LogP contribution in [-0.4, -0.2) is 12.1 Å². The fraction of sp³-hybridized carbons (Fsp3) is 0.500. The van der Waals surface area contributed by atoms with Crippen LogP contribution in [0.2, 0.25) is 0 Å². The van der Waals surface area contributed by atoms with E-state index in [2.05, 4.69) is 12.1 Å². The van der Waals surface area contributed by atoms with Crippen LogP contribution in [-0.2, 0) is 16.0 Å². The normalized spacial score (nSPS) is 12.1. The molecule has 1 aromatic rings. The molecule has 0 aromatic heterocycles. The van der Waals surface area contributed by atoms with Gasteiger partial charge in [-0.3, -0.25) is 4.79 Å². The predicted octanol–water partition coefficient (Wildman–Crippen LogP) is 3.35. The smallest absolute Gasteiger partial charge is 0.306 e. The summed E-state index contributed by atoms with van der Waals surface area (Å²) in [6, 6.07) is 10.1. The maximum atomic E-state index is 11.4. The summed E-state index contributed by atoms with van der Waals surface area (Å²) in [6.45, 7) is 4.03. The zero-order valence-corrected chi connectivity index (χ0v) is 10.1. The van der Waals surface area contributed by atoms with E-state index in [4.69, 9.17) is 4.74 Å². The maximum Gasteiger partial charge on any atom is 0.306 e. The number of carbonyl (C=O) groups is 1. The van der Waals surface area contributed by atoms with E-state index < -0.39 is 0 Å². The van der Waals surface area contributed by atoms with Crippen LogP contribution in [0, 0.1) is 0 Å². The van der Waals surface area contributed by atoms with Crippen molar-refractivity contribution in [3.05, 3.63) is 35.9 Å². The van der Waals surface area contributed by atoms with Crippen LogP contribution in [0.5, 0.6) is 0 Å². The highest BCUT2D eigenvalue weighted by atomic mass is 16.5. The SMILES string of the molecule is CCCC(=O)O[C@H](CC)Cc1ccccc1. The molecule has 0 radical (unpaired) electrons. The number of carbonyl (C=O) groups excluding carboxylic acids is 1. The quantitative estimate of drug-likeness (QED) is 0.687. The van der Waals surface area contributed by atoms with Gasteiger partial charge in [-0.1, -0.05) is 44.2 Å². The standard InChI is InChI=1S/C14H20O2/c1-3-8-14(15)16-13(4-2)11-12-9-6-5-7-10-12/h5-7,9-10,13H,3-4,8,11H2,1-2H3/t13-/m1/s1.